The summed E-state index contributed by atoms with van der Waals surface area (Å²) in [5.74, 6) is 0.120. The standard InChI is InChI=1S/C15H21NO/c1-3-16(4-2)14-9-8-12-6-5-7-13(11-17)15(12)10-14/h8-11,13H,3-7H2,1-2H3. The zero-order valence-corrected chi connectivity index (χ0v) is 10.8. The van der Waals surface area contributed by atoms with E-state index in [9.17, 15) is 4.79 Å². The number of carbonyl (C=O) groups excluding carboxylic acids is 1. The van der Waals surface area contributed by atoms with Crippen molar-refractivity contribution in [1.82, 2.24) is 0 Å². The summed E-state index contributed by atoms with van der Waals surface area (Å²) in [6.45, 7) is 6.36. The molecule has 0 spiro atoms. The molecule has 0 saturated carbocycles. The number of fused-ring (bicyclic) bond motifs is 1. The normalized spacial score (nSPS) is 18.6. The molecular weight excluding hydrogens is 210 g/mol. The summed E-state index contributed by atoms with van der Waals surface area (Å²) in [5, 5.41) is 0. The highest BCUT2D eigenvalue weighted by atomic mass is 16.1. The SMILES string of the molecule is CCN(CC)c1ccc2c(c1)C(C=O)CCC2. The molecule has 1 aliphatic rings. The Balaban J connectivity index is 2.36. The van der Waals surface area contributed by atoms with E-state index in [4.69, 9.17) is 0 Å². The molecule has 17 heavy (non-hydrogen) atoms. The van der Waals surface area contributed by atoms with E-state index in [1.54, 1.807) is 0 Å². The third-order valence-electron chi connectivity index (χ3n) is 3.78. The monoisotopic (exact) mass is 231 g/mol. The fraction of sp³-hybridized carbons (Fsp3) is 0.533. The molecule has 0 aromatic heterocycles. The Labute approximate surface area is 104 Å². The highest BCUT2D eigenvalue weighted by Gasteiger charge is 2.20. The molecule has 0 amide bonds. The molecule has 1 atom stereocenters. The smallest absolute Gasteiger partial charge is 0.127 e. The molecule has 0 radical (unpaired) electrons. The first kappa shape index (κ1) is 12.2. The second-order valence-corrected chi connectivity index (χ2v) is 4.69. The van der Waals surface area contributed by atoms with Crippen LogP contribution in [0.5, 0.6) is 0 Å². The first-order valence-corrected chi connectivity index (χ1v) is 6.63. The Morgan fingerprint density at radius 1 is 1.35 bits per heavy atom. The van der Waals surface area contributed by atoms with Gasteiger partial charge in [0.15, 0.2) is 0 Å². The van der Waals surface area contributed by atoms with Crippen molar-refractivity contribution in [3.05, 3.63) is 29.3 Å². The molecule has 2 nitrogen and oxygen atoms in total. The van der Waals surface area contributed by atoms with Gasteiger partial charge in [0.1, 0.15) is 6.29 Å². The van der Waals surface area contributed by atoms with Crippen LogP contribution >= 0.6 is 0 Å². The van der Waals surface area contributed by atoms with E-state index in [0.29, 0.717) is 0 Å². The number of hydrogen-bond acceptors (Lipinski definition) is 2. The summed E-state index contributed by atoms with van der Waals surface area (Å²) in [6.07, 6.45) is 4.39. The molecule has 0 bridgehead atoms. The first-order chi connectivity index (χ1) is 8.30. The number of rotatable bonds is 4. The van der Waals surface area contributed by atoms with Gasteiger partial charge in [-0.2, -0.15) is 0 Å². The van der Waals surface area contributed by atoms with Crippen molar-refractivity contribution in [2.24, 2.45) is 0 Å². The first-order valence-electron chi connectivity index (χ1n) is 6.63. The third-order valence-corrected chi connectivity index (χ3v) is 3.78. The van der Waals surface area contributed by atoms with Crippen molar-refractivity contribution in [2.45, 2.75) is 39.0 Å². The topological polar surface area (TPSA) is 20.3 Å². The van der Waals surface area contributed by atoms with E-state index in [-0.39, 0.29) is 5.92 Å². The highest BCUT2D eigenvalue weighted by Crippen LogP contribution is 2.33. The number of aryl methyl sites for hydroxylation is 1. The molecular formula is C15H21NO. The fourth-order valence-electron chi connectivity index (χ4n) is 2.75. The Morgan fingerprint density at radius 2 is 2.12 bits per heavy atom. The van der Waals surface area contributed by atoms with Gasteiger partial charge in [0.2, 0.25) is 0 Å². The van der Waals surface area contributed by atoms with Crippen LogP contribution in [0.1, 0.15) is 43.7 Å². The molecule has 0 aliphatic heterocycles. The second kappa shape index (κ2) is 5.35. The van der Waals surface area contributed by atoms with Crippen molar-refractivity contribution in [3.8, 4) is 0 Å². The second-order valence-electron chi connectivity index (χ2n) is 4.69. The summed E-state index contributed by atoms with van der Waals surface area (Å²) in [5.41, 5.74) is 3.88. The lowest BCUT2D eigenvalue weighted by atomic mass is 9.83. The summed E-state index contributed by atoms with van der Waals surface area (Å²) in [6, 6.07) is 6.62. The van der Waals surface area contributed by atoms with Crippen LogP contribution in [0.3, 0.4) is 0 Å². The number of nitrogens with zero attached hydrogens (tertiary/aromatic N) is 1. The molecule has 1 aliphatic carbocycles. The molecule has 0 saturated heterocycles. The van der Waals surface area contributed by atoms with Crippen LogP contribution in [0.25, 0.3) is 0 Å². The van der Waals surface area contributed by atoms with Gasteiger partial charge < -0.3 is 9.69 Å². The molecule has 1 aromatic carbocycles. The molecule has 1 aromatic rings. The molecule has 92 valence electrons. The Hall–Kier alpha value is -1.31. The minimum atomic E-state index is 0.120. The molecule has 0 fully saturated rings. The zero-order chi connectivity index (χ0) is 12.3. The molecule has 2 heteroatoms. The predicted octanol–water partition coefficient (Wildman–Crippen LogP) is 3.15. The van der Waals surface area contributed by atoms with Gasteiger partial charge >= 0.3 is 0 Å². The third kappa shape index (κ3) is 2.36. The van der Waals surface area contributed by atoms with Gasteiger partial charge in [0.25, 0.3) is 0 Å². The maximum absolute atomic E-state index is 11.1. The van der Waals surface area contributed by atoms with Crippen LogP contribution in [0.4, 0.5) is 5.69 Å². The maximum atomic E-state index is 11.1. The van der Waals surface area contributed by atoms with Gasteiger partial charge in [0, 0.05) is 24.7 Å². The van der Waals surface area contributed by atoms with Gasteiger partial charge in [-0.25, -0.2) is 0 Å². The summed E-state index contributed by atoms with van der Waals surface area (Å²) in [7, 11) is 0. The van der Waals surface area contributed by atoms with Crippen molar-refractivity contribution in [2.75, 3.05) is 18.0 Å². The Bertz CT molecular complexity index is 396. The van der Waals surface area contributed by atoms with Crippen LogP contribution in [0, 0.1) is 0 Å². The predicted molar refractivity (Wildman–Crippen MR) is 71.7 cm³/mol. The molecule has 1 unspecified atom stereocenters. The minimum absolute atomic E-state index is 0.120. The molecule has 0 N–H and O–H groups in total. The number of benzene rings is 1. The van der Waals surface area contributed by atoms with Gasteiger partial charge in [-0.05, 0) is 56.4 Å². The highest BCUT2D eigenvalue weighted by molar-refractivity contribution is 5.66. The summed E-state index contributed by atoms with van der Waals surface area (Å²) < 4.78 is 0. The lowest BCUT2D eigenvalue weighted by Crippen LogP contribution is -2.22. The quantitative estimate of drug-likeness (QED) is 0.742. The van der Waals surface area contributed by atoms with Crippen LogP contribution < -0.4 is 4.90 Å². The number of hydrogen-bond donors (Lipinski definition) is 0. The van der Waals surface area contributed by atoms with E-state index in [1.165, 1.54) is 16.8 Å². The Kier molecular flexibility index (Phi) is 3.82. The average molecular weight is 231 g/mol. The number of carbonyl (C=O) groups is 1. The van der Waals surface area contributed by atoms with Crippen LogP contribution in [-0.4, -0.2) is 19.4 Å². The number of anilines is 1. The van der Waals surface area contributed by atoms with E-state index >= 15 is 0 Å². The summed E-state index contributed by atoms with van der Waals surface area (Å²) >= 11 is 0. The lowest BCUT2D eigenvalue weighted by Gasteiger charge is -2.26. The largest absolute Gasteiger partial charge is 0.372 e. The number of aldehydes is 1. The van der Waals surface area contributed by atoms with Gasteiger partial charge in [-0.1, -0.05) is 6.07 Å². The zero-order valence-electron chi connectivity index (χ0n) is 10.8. The van der Waals surface area contributed by atoms with Crippen LogP contribution in [-0.2, 0) is 11.2 Å². The lowest BCUT2D eigenvalue weighted by molar-refractivity contribution is -0.109. The van der Waals surface area contributed by atoms with Crippen LogP contribution in [0.15, 0.2) is 18.2 Å². The van der Waals surface area contributed by atoms with E-state index in [0.717, 1.165) is 38.6 Å². The van der Waals surface area contributed by atoms with Crippen molar-refractivity contribution < 1.29 is 4.79 Å². The van der Waals surface area contributed by atoms with Crippen molar-refractivity contribution >= 4 is 12.0 Å². The fourth-order valence-corrected chi connectivity index (χ4v) is 2.75. The van der Waals surface area contributed by atoms with Gasteiger partial charge in [-0.3, -0.25) is 0 Å². The Morgan fingerprint density at radius 3 is 2.76 bits per heavy atom. The van der Waals surface area contributed by atoms with Gasteiger partial charge in [-0.15, -0.1) is 0 Å². The van der Waals surface area contributed by atoms with Crippen molar-refractivity contribution in [3.63, 3.8) is 0 Å². The summed E-state index contributed by atoms with van der Waals surface area (Å²) in [4.78, 5) is 13.5. The molecule has 2 rings (SSSR count). The van der Waals surface area contributed by atoms with E-state index in [1.807, 2.05) is 0 Å². The maximum Gasteiger partial charge on any atom is 0.127 e. The van der Waals surface area contributed by atoms with Crippen LogP contribution in [0.2, 0.25) is 0 Å². The van der Waals surface area contributed by atoms with Crippen molar-refractivity contribution in [1.29, 1.82) is 0 Å². The molecule has 0 heterocycles. The van der Waals surface area contributed by atoms with E-state index < -0.39 is 0 Å². The van der Waals surface area contributed by atoms with Gasteiger partial charge in [0.05, 0.1) is 0 Å². The van der Waals surface area contributed by atoms with E-state index in [2.05, 4.69) is 36.9 Å². The minimum Gasteiger partial charge on any atom is -0.372 e. The average Bonchev–Trinajstić information content (AvgIpc) is 2.39.